The van der Waals surface area contributed by atoms with Crippen LogP contribution in [0.15, 0.2) is 48.5 Å². The first-order chi connectivity index (χ1) is 12.2. The van der Waals surface area contributed by atoms with Crippen molar-refractivity contribution >= 4 is 11.8 Å². The molecule has 0 aromatic heterocycles. The Labute approximate surface area is 150 Å². The lowest BCUT2D eigenvalue weighted by atomic mass is 9.95. The van der Waals surface area contributed by atoms with Crippen LogP contribution in [0.1, 0.15) is 48.6 Å². The smallest absolute Gasteiger partial charge is 0.161 e. The van der Waals surface area contributed by atoms with Crippen molar-refractivity contribution in [1.82, 2.24) is 0 Å². The van der Waals surface area contributed by atoms with Crippen LogP contribution in [0.2, 0.25) is 0 Å². The minimum atomic E-state index is -0.259. The van der Waals surface area contributed by atoms with Gasteiger partial charge in [0.2, 0.25) is 0 Å². The molecule has 1 aliphatic heterocycles. The van der Waals surface area contributed by atoms with Crippen LogP contribution in [-0.2, 0) is 14.2 Å². The molecule has 1 heterocycles. The first kappa shape index (κ1) is 17.7. The van der Waals surface area contributed by atoms with Crippen molar-refractivity contribution in [2.45, 2.75) is 39.6 Å². The molecule has 3 nitrogen and oxygen atoms in total. The highest BCUT2D eigenvalue weighted by molar-refractivity contribution is 5.80. The SMILES string of the molecule is CCOC(CC1OC(c2cccc(C)c2)=Cc2ccccc21)OCC. The van der Waals surface area contributed by atoms with E-state index in [1.165, 1.54) is 16.7 Å². The second-order valence-electron chi connectivity index (χ2n) is 6.19. The van der Waals surface area contributed by atoms with Crippen LogP contribution in [-0.4, -0.2) is 19.5 Å². The summed E-state index contributed by atoms with van der Waals surface area (Å²) in [5, 5.41) is 0. The quantitative estimate of drug-likeness (QED) is 0.637. The fraction of sp³-hybridized carbons (Fsp3) is 0.364. The van der Waals surface area contributed by atoms with Gasteiger partial charge in [-0.15, -0.1) is 0 Å². The minimum Gasteiger partial charge on any atom is -0.485 e. The maximum absolute atomic E-state index is 6.38. The lowest BCUT2D eigenvalue weighted by Gasteiger charge is -2.30. The number of rotatable bonds is 7. The first-order valence-electron chi connectivity index (χ1n) is 8.98. The van der Waals surface area contributed by atoms with Crippen molar-refractivity contribution in [3.63, 3.8) is 0 Å². The number of ether oxygens (including phenoxy) is 3. The van der Waals surface area contributed by atoms with E-state index in [1.54, 1.807) is 0 Å². The molecule has 1 unspecified atom stereocenters. The van der Waals surface area contributed by atoms with Gasteiger partial charge in [-0.1, -0.05) is 48.0 Å². The Morgan fingerprint density at radius 3 is 2.48 bits per heavy atom. The van der Waals surface area contributed by atoms with E-state index < -0.39 is 0 Å². The van der Waals surface area contributed by atoms with Gasteiger partial charge in [0.15, 0.2) is 6.29 Å². The Kier molecular flexibility index (Phi) is 5.90. The first-order valence-corrected chi connectivity index (χ1v) is 8.98. The van der Waals surface area contributed by atoms with Gasteiger partial charge in [0.05, 0.1) is 0 Å². The second kappa shape index (κ2) is 8.32. The van der Waals surface area contributed by atoms with Gasteiger partial charge < -0.3 is 14.2 Å². The largest absolute Gasteiger partial charge is 0.485 e. The summed E-state index contributed by atoms with van der Waals surface area (Å²) in [5.74, 6) is 0.902. The van der Waals surface area contributed by atoms with Gasteiger partial charge in [0.25, 0.3) is 0 Å². The van der Waals surface area contributed by atoms with Crippen LogP contribution in [0.3, 0.4) is 0 Å². The second-order valence-corrected chi connectivity index (χ2v) is 6.19. The van der Waals surface area contributed by atoms with Crippen LogP contribution >= 0.6 is 0 Å². The van der Waals surface area contributed by atoms with Crippen molar-refractivity contribution in [1.29, 1.82) is 0 Å². The maximum atomic E-state index is 6.38. The average molecular weight is 338 g/mol. The lowest BCUT2D eigenvalue weighted by Crippen LogP contribution is -2.23. The fourth-order valence-corrected chi connectivity index (χ4v) is 3.18. The van der Waals surface area contributed by atoms with Gasteiger partial charge in [-0.3, -0.25) is 0 Å². The molecule has 1 atom stereocenters. The summed E-state index contributed by atoms with van der Waals surface area (Å²) >= 11 is 0. The highest BCUT2D eigenvalue weighted by atomic mass is 16.7. The van der Waals surface area contributed by atoms with Crippen LogP contribution in [0.4, 0.5) is 0 Å². The van der Waals surface area contributed by atoms with Crippen molar-refractivity contribution in [3.05, 3.63) is 70.8 Å². The van der Waals surface area contributed by atoms with Crippen molar-refractivity contribution in [2.24, 2.45) is 0 Å². The third-order valence-electron chi connectivity index (χ3n) is 4.31. The molecule has 0 spiro atoms. The maximum Gasteiger partial charge on any atom is 0.161 e. The molecule has 132 valence electrons. The lowest BCUT2D eigenvalue weighted by molar-refractivity contribution is -0.152. The third-order valence-corrected chi connectivity index (χ3v) is 4.31. The van der Waals surface area contributed by atoms with Crippen LogP contribution in [0, 0.1) is 6.92 Å². The molecule has 25 heavy (non-hydrogen) atoms. The Bertz CT molecular complexity index is 730. The number of fused-ring (bicyclic) bond motifs is 1. The van der Waals surface area contributed by atoms with Crippen molar-refractivity contribution in [2.75, 3.05) is 13.2 Å². The summed E-state index contributed by atoms with van der Waals surface area (Å²) in [6.07, 6.45) is 2.45. The molecule has 0 bridgehead atoms. The molecule has 0 radical (unpaired) electrons. The summed E-state index contributed by atoms with van der Waals surface area (Å²) in [6, 6.07) is 16.8. The van der Waals surface area contributed by atoms with Gasteiger partial charge in [0, 0.05) is 25.2 Å². The molecule has 0 N–H and O–H groups in total. The summed E-state index contributed by atoms with van der Waals surface area (Å²) in [5.41, 5.74) is 4.70. The summed E-state index contributed by atoms with van der Waals surface area (Å²) in [6.45, 7) is 7.32. The molecule has 0 fully saturated rings. The van der Waals surface area contributed by atoms with E-state index in [0.717, 1.165) is 11.3 Å². The molecule has 2 aromatic rings. The molecular formula is C22H26O3. The van der Waals surface area contributed by atoms with Crippen molar-refractivity contribution < 1.29 is 14.2 Å². The zero-order valence-electron chi connectivity index (χ0n) is 15.2. The van der Waals surface area contributed by atoms with Gasteiger partial charge in [0.1, 0.15) is 11.9 Å². The van der Waals surface area contributed by atoms with E-state index in [1.807, 2.05) is 13.8 Å². The molecule has 3 rings (SSSR count). The van der Waals surface area contributed by atoms with Gasteiger partial charge in [-0.2, -0.15) is 0 Å². The Hall–Kier alpha value is -2.10. The fourth-order valence-electron chi connectivity index (χ4n) is 3.18. The normalized spacial score (nSPS) is 16.3. The van der Waals surface area contributed by atoms with E-state index in [4.69, 9.17) is 14.2 Å². The Balaban J connectivity index is 1.90. The summed E-state index contributed by atoms with van der Waals surface area (Å²) < 4.78 is 17.9. The molecule has 3 heteroatoms. The molecule has 0 aliphatic carbocycles. The highest BCUT2D eigenvalue weighted by Crippen LogP contribution is 2.38. The summed E-state index contributed by atoms with van der Waals surface area (Å²) in [7, 11) is 0. The summed E-state index contributed by atoms with van der Waals surface area (Å²) in [4.78, 5) is 0. The van der Waals surface area contributed by atoms with E-state index in [0.29, 0.717) is 19.6 Å². The Morgan fingerprint density at radius 2 is 1.76 bits per heavy atom. The van der Waals surface area contributed by atoms with Crippen LogP contribution in [0.25, 0.3) is 11.8 Å². The topological polar surface area (TPSA) is 27.7 Å². The molecule has 0 saturated heterocycles. The molecule has 0 saturated carbocycles. The number of aryl methyl sites for hydroxylation is 1. The van der Waals surface area contributed by atoms with E-state index in [9.17, 15) is 0 Å². The van der Waals surface area contributed by atoms with Crippen LogP contribution < -0.4 is 0 Å². The number of hydrogen-bond donors (Lipinski definition) is 0. The van der Waals surface area contributed by atoms with E-state index in [-0.39, 0.29) is 12.4 Å². The zero-order chi connectivity index (χ0) is 17.6. The van der Waals surface area contributed by atoms with Crippen LogP contribution in [0.5, 0.6) is 0 Å². The predicted octanol–water partition coefficient (Wildman–Crippen LogP) is 5.35. The Morgan fingerprint density at radius 1 is 1.00 bits per heavy atom. The highest BCUT2D eigenvalue weighted by Gasteiger charge is 2.26. The molecule has 0 amide bonds. The monoisotopic (exact) mass is 338 g/mol. The molecule has 2 aromatic carbocycles. The van der Waals surface area contributed by atoms with E-state index >= 15 is 0 Å². The van der Waals surface area contributed by atoms with E-state index in [2.05, 4.69) is 61.5 Å². The minimum absolute atomic E-state index is 0.0835. The number of benzene rings is 2. The number of hydrogen-bond acceptors (Lipinski definition) is 3. The van der Waals surface area contributed by atoms with Gasteiger partial charge in [-0.25, -0.2) is 0 Å². The van der Waals surface area contributed by atoms with Gasteiger partial charge >= 0.3 is 0 Å². The molecule has 1 aliphatic rings. The third kappa shape index (κ3) is 4.30. The van der Waals surface area contributed by atoms with Gasteiger partial charge in [-0.05, 0) is 44.0 Å². The standard InChI is InChI=1S/C22H26O3/c1-4-23-22(24-5-2)15-21-19-12-7-6-10-17(19)14-20(25-21)18-11-8-9-16(3)13-18/h6-14,21-22H,4-5,15H2,1-3H3. The predicted molar refractivity (Wildman–Crippen MR) is 101 cm³/mol. The zero-order valence-corrected chi connectivity index (χ0v) is 15.2. The van der Waals surface area contributed by atoms with Crippen molar-refractivity contribution in [3.8, 4) is 0 Å². The average Bonchev–Trinajstić information content (AvgIpc) is 2.62. The molecular weight excluding hydrogens is 312 g/mol.